The van der Waals surface area contributed by atoms with Gasteiger partial charge in [0.1, 0.15) is 0 Å². The van der Waals surface area contributed by atoms with Crippen molar-refractivity contribution in [1.29, 1.82) is 0 Å². The smallest absolute Gasteiger partial charge is 0.241 e. The quantitative estimate of drug-likeness (QED) is 0.815. The molecule has 1 aromatic carbocycles. The van der Waals surface area contributed by atoms with Crippen molar-refractivity contribution in [2.45, 2.75) is 56.4 Å². The Kier molecular flexibility index (Phi) is 3.87. The lowest BCUT2D eigenvalue weighted by atomic mass is 9.76. The average molecular weight is 282 g/mol. The zero-order valence-electron chi connectivity index (χ0n) is 11.6. The number of nitrogen functional groups attached to an aromatic ring is 1. The van der Waals surface area contributed by atoms with E-state index in [2.05, 4.69) is 4.72 Å². The van der Waals surface area contributed by atoms with E-state index in [-0.39, 0.29) is 10.4 Å². The van der Waals surface area contributed by atoms with E-state index in [4.69, 9.17) is 5.73 Å². The standard InChI is InChI=1S/C14H22N2O2S/c1-3-11-6-7-12(10-13(11)15)19(17,18)16-14(4-2)8-5-9-14/h6-7,10,16H,3-5,8-9,15H2,1-2H3. The third-order valence-electron chi connectivity index (χ3n) is 4.15. The second-order valence-electron chi connectivity index (χ2n) is 5.31. The minimum atomic E-state index is -3.47. The second-order valence-corrected chi connectivity index (χ2v) is 6.99. The lowest BCUT2D eigenvalue weighted by Crippen LogP contribution is -2.52. The van der Waals surface area contributed by atoms with E-state index in [0.29, 0.717) is 5.69 Å². The zero-order valence-corrected chi connectivity index (χ0v) is 12.4. The third-order valence-corrected chi connectivity index (χ3v) is 5.72. The molecule has 5 heteroatoms. The van der Waals surface area contributed by atoms with Gasteiger partial charge in [0.25, 0.3) is 0 Å². The van der Waals surface area contributed by atoms with Gasteiger partial charge in [0.05, 0.1) is 4.90 Å². The van der Waals surface area contributed by atoms with Crippen LogP contribution in [0, 0.1) is 0 Å². The van der Waals surface area contributed by atoms with Gasteiger partial charge in [-0.3, -0.25) is 0 Å². The van der Waals surface area contributed by atoms with Gasteiger partial charge < -0.3 is 5.73 Å². The largest absolute Gasteiger partial charge is 0.398 e. The normalized spacial score (nSPS) is 18.0. The van der Waals surface area contributed by atoms with Crippen molar-refractivity contribution in [3.8, 4) is 0 Å². The van der Waals surface area contributed by atoms with Gasteiger partial charge in [-0.2, -0.15) is 0 Å². The van der Waals surface area contributed by atoms with Crippen molar-refractivity contribution in [3.05, 3.63) is 23.8 Å². The molecule has 0 saturated heterocycles. The molecule has 0 aliphatic heterocycles. The minimum Gasteiger partial charge on any atom is -0.398 e. The van der Waals surface area contributed by atoms with Crippen LogP contribution >= 0.6 is 0 Å². The summed E-state index contributed by atoms with van der Waals surface area (Å²) >= 11 is 0. The molecule has 0 aromatic heterocycles. The Morgan fingerprint density at radius 3 is 2.42 bits per heavy atom. The first-order chi connectivity index (χ1) is 8.92. The lowest BCUT2D eigenvalue weighted by molar-refractivity contribution is 0.214. The molecule has 4 nitrogen and oxygen atoms in total. The SMILES string of the molecule is CCc1ccc(S(=O)(=O)NC2(CC)CCC2)cc1N. The molecule has 3 N–H and O–H groups in total. The first-order valence-corrected chi connectivity index (χ1v) is 8.33. The Labute approximate surface area is 115 Å². The van der Waals surface area contributed by atoms with Crippen molar-refractivity contribution in [2.24, 2.45) is 0 Å². The highest BCUT2D eigenvalue weighted by Gasteiger charge is 2.39. The van der Waals surface area contributed by atoms with Crippen LogP contribution in [0.2, 0.25) is 0 Å². The van der Waals surface area contributed by atoms with E-state index in [1.165, 1.54) is 0 Å². The summed E-state index contributed by atoms with van der Waals surface area (Å²) in [6, 6.07) is 4.99. The molecule has 0 radical (unpaired) electrons. The fraction of sp³-hybridized carbons (Fsp3) is 0.571. The van der Waals surface area contributed by atoms with E-state index in [1.807, 2.05) is 13.8 Å². The molecule has 19 heavy (non-hydrogen) atoms. The van der Waals surface area contributed by atoms with Gasteiger partial charge in [-0.15, -0.1) is 0 Å². The summed E-state index contributed by atoms with van der Waals surface area (Å²) < 4.78 is 27.6. The first-order valence-electron chi connectivity index (χ1n) is 6.85. The molecule has 0 heterocycles. The molecule has 0 bridgehead atoms. The van der Waals surface area contributed by atoms with Crippen LogP contribution in [0.1, 0.15) is 45.1 Å². The summed E-state index contributed by atoms with van der Waals surface area (Å²) in [5.74, 6) is 0. The molecule has 1 aromatic rings. The van der Waals surface area contributed by atoms with E-state index in [0.717, 1.165) is 37.7 Å². The topological polar surface area (TPSA) is 72.2 Å². The highest BCUT2D eigenvalue weighted by molar-refractivity contribution is 7.89. The van der Waals surface area contributed by atoms with Gasteiger partial charge in [0, 0.05) is 11.2 Å². The van der Waals surface area contributed by atoms with Gasteiger partial charge in [0.15, 0.2) is 0 Å². The maximum Gasteiger partial charge on any atom is 0.241 e. The molecule has 0 atom stereocenters. The van der Waals surface area contributed by atoms with Crippen molar-refractivity contribution in [2.75, 3.05) is 5.73 Å². The molecule has 1 saturated carbocycles. The van der Waals surface area contributed by atoms with Crippen LogP contribution in [0.15, 0.2) is 23.1 Å². The number of nitrogens with two attached hydrogens (primary N) is 1. The molecule has 2 rings (SSSR count). The highest BCUT2D eigenvalue weighted by Crippen LogP contribution is 2.36. The maximum absolute atomic E-state index is 12.4. The van der Waals surface area contributed by atoms with Crippen LogP contribution in [0.3, 0.4) is 0 Å². The van der Waals surface area contributed by atoms with Gasteiger partial charge in [-0.25, -0.2) is 13.1 Å². The lowest BCUT2D eigenvalue weighted by Gasteiger charge is -2.41. The molecule has 1 fully saturated rings. The fourth-order valence-corrected chi connectivity index (χ4v) is 4.10. The summed E-state index contributed by atoms with van der Waals surface area (Å²) in [7, 11) is -3.47. The Balaban J connectivity index is 2.27. The van der Waals surface area contributed by atoms with E-state index in [1.54, 1.807) is 18.2 Å². The van der Waals surface area contributed by atoms with E-state index in [9.17, 15) is 8.42 Å². The average Bonchev–Trinajstić information content (AvgIpc) is 2.34. The summed E-state index contributed by atoms with van der Waals surface area (Å²) in [5.41, 5.74) is 7.17. The molecule has 0 spiro atoms. The van der Waals surface area contributed by atoms with Gasteiger partial charge in [-0.1, -0.05) is 19.9 Å². The second kappa shape index (κ2) is 5.13. The Hall–Kier alpha value is -1.07. The Morgan fingerprint density at radius 1 is 1.32 bits per heavy atom. The zero-order chi connectivity index (χ0) is 14.1. The third kappa shape index (κ3) is 2.77. The Morgan fingerprint density at radius 2 is 2.00 bits per heavy atom. The van der Waals surface area contributed by atoms with Crippen LogP contribution in [-0.4, -0.2) is 14.0 Å². The number of nitrogens with one attached hydrogen (secondary N) is 1. The van der Waals surface area contributed by atoms with E-state index < -0.39 is 10.0 Å². The van der Waals surface area contributed by atoms with Gasteiger partial charge in [0.2, 0.25) is 10.0 Å². The van der Waals surface area contributed by atoms with Crippen molar-refractivity contribution < 1.29 is 8.42 Å². The highest BCUT2D eigenvalue weighted by atomic mass is 32.2. The fourth-order valence-electron chi connectivity index (χ4n) is 2.54. The number of anilines is 1. The number of benzene rings is 1. The predicted molar refractivity (Wildman–Crippen MR) is 77.4 cm³/mol. The maximum atomic E-state index is 12.4. The minimum absolute atomic E-state index is 0.239. The summed E-state index contributed by atoms with van der Waals surface area (Å²) in [4.78, 5) is 0.266. The van der Waals surface area contributed by atoms with Crippen LogP contribution in [-0.2, 0) is 16.4 Å². The number of sulfonamides is 1. The molecule has 106 valence electrons. The van der Waals surface area contributed by atoms with Crippen molar-refractivity contribution >= 4 is 15.7 Å². The monoisotopic (exact) mass is 282 g/mol. The van der Waals surface area contributed by atoms with Crippen molar-refractivity contribution in [3.63, 3.8) is 0 Å². The van der Waals surface area contributed by atoms with Crippen LogP contribution in [0.25, 0.3) is 0 Å². The van der Waals surface area contributed by atoms with Crippen LogP contribution in [0.5, 0.6) is 0 Å². The molecule has 0 unspecified atom stereocenters. The van der Waals surface area contributed by atoms with Crippen LogP contribution < -0.4 is 10.5 Å². The molecule has 1 aliphatic carbocycles. The summed E-state index contributed by atoms with van der Waals surface area (Å²) in [5, 5.41) is 0. The van der Waals surface area contributed by atoms with E-state index >= 15 is 0 Å². The molecule has 0 amide bonds. The van der Waals surface area contributed by atoms with Crippen molar-refractivity contribution in [1.82, 2.24) is 4.72 Å². The number of hydrogen-bond donors (Lipinski definition) is 2. The predicted octanol–water partition coefficient (Wildman–Crippen LogP) is 2.44. The molecular formula is C14H22N2O2S. The van der Waals surface area contributed by atoms with Crippen LogP contribution in [0.4, 0.5) is 5.69 Å². The van der Waals surface area contributed by atoms with Gasteiger partial charge in [-0.05, 0) is 49.8 Å². The molecular weight excluding hydrogens is 260 g/mol. The number of hydrogen-bond acceptors (Lipinski definition) is 3. The van der Waals surface area contributed by atoms with Gasteiger partial charge >= 0.3 is 0 Å². The summed E-state index contributed by atoms with van der Waals surface area (Å²) in [6.07, 6.45) is 4.57. The summed E-state index contributed by atoms with van der Waals surface area (Å²) in [6.45, 7) is 4.02. The number of aryl methyl sites for hydroxylation is 1. The number of rotatable bonds is 5. The molecule has 1 aliphatic rings. The Bertz CT molecular complexity index is 557. The first kappa shape index (κ1) is 14.3.